The summed E-state index contributed by atoms with van der Waals surface area (Å²) in [6, 6.07) is 30.7. The molecule has 1 unspecified atom stereocenters. The molecule has 0 spiro atoms. The van der Waals surface area contributed by atoms with E-state index in [0.717, 1.165) is 22.5 Å². The first kappa shape index (κ1) is 15.2. The van der Waals surface area contributed by atoms with Gasteiger partial charge < -0.3 is 10.1 Å². The van der Waals surface area contributed by atoms with Gasteiger partial charge in [0.15, 0.2) is 6.10 Å². The second kappa shape index (κ2) is 7.05. The van der Waals surface area contributed by atoms with E-state index in [0.29, 0.717) is 6.02 Å². The van der Waals surface area contributed by atoms with Crippen molar-refractivity contribution in [2.45, 2.75) is 6.10 Å². The molecular formula is C22H18N2O. The van der Waals surface area contributed by atoms with Crippen LogP contribution in [0.1, 0.15) is 17.2 Å². The molecule has 3 aromatic rings. The van der Waals surface area contributed by atoms with Crippen molar-refractivity contribution in [3.63, 3.8) is 0 Å². The summed E-state index contributed by atoms with van der Waals surface area (Å²) >= 11 is 0. The first-order valence-electron chi connectivity index (χ1n) is 8.27. The number of aliphatic imine (C=N–C) groups is 1. The van der Waals surface area contributed by atoms with Crippen LogP contribution in [0.15, 0.2) is 102 Å². The van der Waals surface area contributed by atoms with Gasteiger partial charge in [-0.3, -0.25) is 0 Å². The van der Waals surface area contributed by atoms with Crippen LogP contribution >= 0.6 is 0 Å². The van der Waals surface area contributed by atoms with Crippen LogP contribution in [-0.4, -0.2) is 6.02 Å². The maximum Gasteiger partial charge on any atom is 0.295 e. The van der Waals surface area contributed by atoms with E-state index in [-0.39, 0.29) is 6.10 Å². The minimum Gasteiger partial charge on any atom is -0.450 e. The van der Waals surface area contributed by atoms with Crippen LogP contribution < -0.4 is 5.32 Å². The third-order valence-electron chi connectivity index (χ3n) is 3.97. The molecular weight excluding hydrogens is 308 g/mol. The molecule has 122 valence electrons. The van der Waals surface area contributed by atoms with Crippen molar-refractivity contribution in [1.29, 1.82) is 0 Å². The molecule has 3 aromatic carbocycles. The van der Waals surface area contributed by atoms with Gasteiger partial charge in [-0.15, -0.1) is 0 Å². The topological polar surface area (TPSA) is 33.6 Å². The summed E-state index contributed by atoms with van der Waals surface area (Å²) in [7, 11) is 0. The van der Waals surface area contributed by atoms with E-state index in [1.54, 1.807) is 0 Å². The first-order valence-corrected chi connectivity index (χ1v) is 8.27. The maximum absolute atomic E-state index is 6.11. The Labute approximate surface area is 147 Å². The van der Waals surface area contributed by atoms with Gasteiger partial charge in [0.05, 0.1) is 11.4 Å². The van der Waals surface area contributed by atoms with Crippen LogP contribution in [0.3, 0.4) is 0 Å². The number of para-hydroxylation sites is 1. The molecule has 1 aliphatic heterocycles. The molecule has 1 fully saturated rings. The fourth-order valence-electron chi connectivity index (χ4n) is 2.78. The molecule has 0 radical (unpaired) electrons. The van der Waals surface area contributed by atoms with Crippen molar-refractivity contribution in [2.24, 2.45) is 4.99 Å². The predicted octanol–water partition coefficient (Wildman–Crippen LogP) is 5.08. The molecule has 1 atom stereocenters. The molecule has 0 amide bonds. The van der Waals surface area contributed by atoms with Crippen molar-refractivity contribution in [2.75, 3.05) is 0 Å². The highest BCUT2D eigenvalue weighted by Gasteiger charge is 2.28. The number of ether oxygens (including phenoxy) is 1. The molecule has 1 N–H and O–H groups in total. The Morgan fingerprint density at radius 3 is 2.04 bits per heavy atom. The van der Waals surface area contributed by atoms with Crippen molar-refractivity contribution >= 4 is 17.8 Å². The normalized spacial score (nSPS) is 19.6. The van der Waals surface area contributed by atoms with Gasteiger partial charge in [0.1, 0.15) is 0 Å². The molecule has 1 aliphatic rings. The molecule has 0 aliphatic carbocycles. The molecule has 0 saturated carbocycles. The van der Waals surface area contributed by atoms with E-state index in [9.17, 15) is 0 Å². The van der Waals surface area contributed by atoms with Crippen LogP contribution in [0.4, 0.5) is 5.69 Å². The van der Waals surface area contributed by atoms with Gasteiger partial charge in [0.25, 0.3) is 6.02 Å². The summed E-state index contributed by atoms with van der Waals surface area (Å²) in [5.74, 6) is 0. The highest BCUT2D eigenvalue weighted by molar-refractivity contribution is 5.83. The van der Waals surface area contributed by atoms with Crippen molar-refractivity contribution in [3.8, 4) is 0 Å². The highest BCUT2D eigenvalue weighted by Crippen LogP contribution is 2.31. The standard InChI is InChI=1S/C22H18N2O/c1-4-10-17(11-5-1)16-20-21(18-12-6-2-7-13-18)25-22(24-20)23-19-14-8-3-9-15-19/h1-16,21H,(H,23,24)/b20-16+. The highest BCUT2D eigenvalue weighted by atomic mass is 16.5. The fourth-order valence-corrected chi connectivity index (χ4v) is 2.78. The molecule has 25 heavy (non-hydrogen) atoms. The van der Waals surface area contributed by atoms with E-state index < -0.39 is 0 Å². The van der Waals surface area contributed by atoms with Gasteiger partial charge in [-0.05, 0) is 29.3 Å². The number of hydrogen-bond donors (Lipinski definition) is 1. The number of benzene rings is 3. The summed E-state index contributed by atoms with van der Waals surface area (Å²) < 4.78 is 6.11. The maximum atomic E-state index is 6.11. The number of hydrogen-bond acceptors (Lipinski definition) is 2. The van der Waals surface area contributed by atoms with Gasteiger partial charge in [0, 0.05) is 0 Å². The molecule has 0 bridgehead atoms. The first-order chi connectivity index (χ1) is 12.4. The van der Waals surface area contributed by atoms with Crippen LogP contribution in [0.25, 0.3) is 6.08 Å². The molecule has 4 rings (SSSR count). The second-order valence-corrected chi connectivity index (χ2v) is 5.80. The SMILES string of the molecule is C(=C1\NC(=Nc2ccccc2)OC1c1ccccc1)/c1ccccc1. The largest absolute Gasteiger partial charge is 0.450 e. The monoisotopic (exact) mass is 326 g/mol. The summed E-state index contributed by atoms with van der Waals surface area (Å²) in [6.07, 6.45) is 1.91. The third kappa shape index (κ3) is 3.61. The Kier molecular flexibility index (Phi) is 4.29. The number of rotatable bonds is 3. The Hall–Kier alpha value is -3.33. The van der Waals surface area contributed by atoms with Crippen molar-refractivity contribution in [1.82, 2.24) is 5.32 Å². The summed E-state index contributed by atoms with van der Waals surface area (Å²) in [6.45, 7) is 0. The lowest BCUT2D eigenvalue weighted by molar-refractivity contribution is 0.255. The van der Waals surface area contributed by atoms with Gasteiger partial charge in [-0.2, -0.15) is 4.99 Å². The zero-order chi connectivity index (χ0) is 16.9. The Bertz CT molecular complexity index is 887. The zero-order valence-corrected chi connectivity index (χ0v) is 13.7. The minimum atomic E-state index is -0.191. The Morgan fingerprint density at radius 2 is 1.36 bits per heavy atom. The van der Waals surface area contributed by atoms with Crippen LogP contribution in [0.5, 0.6) is 0 Å². The number of amidine groups is 1. The molecule has 3 nitrogen and oxygen atoms in total. The van der Waals surface area contributed by atoms with Gasteiger partial charge in [-0.1, -0.05) is 78.9 Å². The Morgan fingerprint density at radius 1 is 0.760 bits per heavy atom. The summed E-state index contributed by atoms with van der Waals surface area (Å²) in [5.41, 5.74) is 4.05. The summed E-state index contributed by atoms with van der Waals surface area (Å²) in [5, 5.41) is 3.33. The number of nitrogens with one attached hydrogen (secondary N) is 1. The van der Waals surface area contributed by atoms with E-state index in [4.69, 9.17) is 4.74 Å². The summed E-state index contributed by atoms with van der Waals surface area (Å²) in [4.78, 5) is 4.57. The molecule has 3 heteroatoms. The smallest absolute Gasteiger partial charge is 0.295 e. The lowest BCUT2D eigenvalue weighted by Gasteiger charge is -2.10. The van der Waals surface area contributed by atoms with Gasteiger partial charge in [-0.25, -0.2) is 0 Å². The average molecular weight is 326 g/mol. The van der Waals surface area contributed by atoms with Crippen molar-refractivity contribution in [3.05, 3.63) is 108 Å². The van der Waals surface area contributed by atoms with Crippen LogP contribution in [0.2, 0.25) is 0 Å². The van der Waals surface area contributed by atoms with Crippen LogP contribution in [-0.2, 0) is 4.74 Å². The predicted molar refractivity (Wildman–Crippen MR) is 101 cm³/mol. The molecule has 1 saturated heterocycles. The minimum absolute atomic E-state index is 0.191. The third-order valence-corrected chi connectivity index (χ3v) is 3.97. The quantitative estimate of drug-likeness (QED) is 0.728. The lowest BCUT2D eigenvalue weighted by atomic mass is 10.1. The van der Waals surface area contributed by atoms with Crippen LogP contribution in [0, 0.1) is 0 Å². The van der Waals surface area contributed by atoms with Gasteiger partial charge in [0.2, 0.25) is 0 Å². The van der Waals surface area contributed by atoms with E-state index in [2.05, 4.69) is 40.7 Å². The molecule has 1 heterocycles. The van der Waals surface area contributed by atoms with Gasteiger partial charge >= 0.3 is 0 Å². The average Bonchev–Trinajstić information content (AvgIpc) is 3.06. The van der Waals surface area contributed by atoms with E-state index >= 15 is 0 Å². The van der Waals surface area contributed by atoms with Crippen molar-refractivity contribution < 1.29 is 4.74 Å². The fraction of sp³-hybridized carbons (Fsp3) is 0.0455. The lowest BCUT2D eigenvalue weighted by Crippen LogP contribution is -2.13. The Balaban J connectivity index is 1.70. The number of nitrogens with zero attached hydrogens (tertiary/aromatic N) is 1. The second-order valence-electron chi connectivity index (χ2n) is 5.80. The zero-order valence-electron chi connectivity index (χ0n) is 13.7. The molecule has 0 aromatic heterocycles. The van der Waals surface area contributed by atoms with E-state index in [1.165, 1.54) is 0 Å². The van der Waals surface area contributed by atoms with E-state index in [1.807, 2.05) is 66.7 Å².